The van der Waals surface area contributed by atoms with Crippen LogP contribution < -0.4 is 5.56 Å². The Hall–Kier alpha value is -3.98. The standard InChI is InChI=1S/C36H43F2N3O4/c1-21(2)11-31(41-18-26(7-8-32(41)42)9-10-40-19-29(37)20-40)36(45)39-17-28(16-33(43)44)30-15-27(14-25(6)35(30)38)34-23(4)12-22(3)13-24(34)5/h7-8,12-15,17-18,21,28-29,31H,9-11,16,19-20H2,1-6H3,(H,43,44)/b39-17+. The number of alkyl halides is 1. The van der Waals surface area contributed by atoms with Gasteiger partial charge in [0.05, 0.1) is 6.42 Å². The molecule has 2 atom stereocenters. The highest BCUT2D eigenvalue weighted by molar-refractivity contribution is 5.91. The lowest BCUT2D eigenvalue weighted by molar-refractivity contribution is -0.137. The van der Waals surface area contributed by atoms with E-state index in [9.17, 15) is 23.9 Å². The number of carbonyl (C=O) groups is 2. The largest absolute Gasteiger partial charge is 0.481 e. The van der Waals surface area contributed by atoms with Crippen LogP contribution in [0.25, 0.3) is 11.1 Å². The molecule has 1 aliphatic heterocycles. The Morgan fingerprint density at radius 3 is 2.31 bits per heavy atom. The van der Waals surface area contributed by atoms with Crippen molar-refractivity contribution in [3.63, 3.8) is 0 Å². The van der Waals surface area contributed by atoms with Crippen LogP contribution in [-0.2, 0) is 16.0 Å². The first kappa shape index (κ1) is 33.9. The monoisotopic (exact) mass is 619 g/mol. The van der Waals surface area contributed by atoms with Gasteiger partial charge in [0.15, 0.2) is 0 Å². The molecule has 0 aliphatic carbocycles. The molecule has 1 saturated heterocycles. The van der Waals surface area contributed by atoms with Crippen LogP contribution in [0.4, 0.5) is 8.78 Å². The predicted octanol–water partition coefficient (Wildman–Crippen LogP) is 6.53. The van der Waals surface area contributed by atoms with Crippen LogP contribution in [0.3, 0.4) is 0 Å². The minimum Gasteiger partial charge on any atom is -0.481 e. The van der Waals surface area contributed by atoms with Crippen molar-refractivity contribution in [3.05, 3.63) is 92.1 Å². The zero-order chi connectivity index (χ0) is 33.0. The van der Waals surface area contributed by atoms with Gasteiger partial charge in [0.1, 0.15) is 18.0 Å². The number of nitrogens with zero attached hydrogens (tertiary/aromatic N) is 3. The van der Waals surface area contributed by atoms with E-state index in [-0.39, 0.29) is 17.0 Å². The maximum Gasteiger partial charge on any atom is 0.304 e. The molecule has 2 heterocycles. The highest BCUT2D eigenvalue weighted by Gasteiger charge is 2.27. The summed E-state index contributed by atoms with van der Waals surface area (Å²) in [7, 11) is 0. The molecule has 0 saturated carbocycles. The summed E-state index contributed by atoms with van der Waals surface area (Å²) in [5.74, 6) is -3.29. The second kappa shape index (κ2) is 14.4. The van der Waals surface area contributed by atoms with Gasteiger partial charge in [0, 0.05) is 44.0 Å². The molecule has 2 aromatic carbocycles. The molecule has 1 amide bonds. The zero-order valence-corrected chi connectivity index (χ0v) is 26.9. The molecule has 240 valence electrons. The number of benzene rings is 2. The van der Waals surface area contributed by atoms with Crippen molar-refractivity contribution in [2.75, 3.05) is 19.6 Å². The number of carbonyl (C=O) groups excluding carboxylic acids is 1. The smallest absolute Gasteiger partial charge is 0.304 e. The summed E-state index contributed by atoms with van der Waals surface area (Å²) in [6, 6.07) is 9.70. The van der Waals surface area contributed by atoms with Crippen LogP contribution in [0.2, 0.25) is 0 Å². The fourth-order valence-electron chi connectivity index (χ4n) is 6.22. The number of carboxylic acids is 1. The van der Waals surface area contributed by atoms with E-state index < -0.39 is 42.2 Å². The summed E-state index contributed by atoms with van der Waals surface area (Å²) in [6.07, 6.45) is 2.52. The average molecular weight is 620 g/mol. The second-order valence-electron chi connectivity index (χ2n) is 12.8. The Kier molecular flexibility index (Phi) is 10.9. The lowest BCUT2D eigenvalue weighted by Gasteiger charge is -2.34. The minimum absolute atomic E-state index is 0.0415. The molecule has 4 rings (SSSR count). The first-order chi connectivity index (χ1) is 21.2. The fraction of sp³-hybridized carbons (Fsp3) is 0.444. The first-order valence-electron chi connectivity index (χ1n) is 15.5. The van der Waals surface area contributed by atoms with Crippen molar-refractivity contribution in [3.8, 4) is 11.1 Å². The van der Waals surface area contributed by atoms with E-state index in [1.807, 2.05) is 51.7 Å². The molecule has 1 fully saturated rings. The number of rotatable bonds is 12. The number of pyridine rings is 1. The molecule has 1 aromatic heterocycles. The normalized spacial score (nSPS) is 15.4. The van der Waals surface area contributed by atoms with Gasteiger partial charge in [-0.3, -0.25) is 19.3 Å². The van der Waals surface area contributed by atoms with Crippen molar-refractivity contribution >= 4 is 18.1 Å². The Morgan fingerprint density at radius 2 is 1.71 bits per heavy atom. The number of hydrogen-bond donors (Lipinski definition) is 1. The summed E-state index contributed by atoms with van der Waals surface area (Å²) in [6.45, 7) is 12.9. The SMILES string of the molecule is Cc1cc(C)c(-c2cc(C)c(F)c(C(/C=N/C(=O)C(CC(C)C)n3cc(CCN4CC(F)C4)ccc3=O)CC(=O)O)c2)c(C)c1. The van der Waals surface area contributed by atoms with Gasteiger partial charge in [-0.2, -0.15) is 0 Å². The first-order valence-corrected chi connectivity index (χ1v) is 15.5. The number of aliphatic imine (C=N–C) groups is 1. The van der Waals surface area contributed by atoms with Crippen molar-refractivity contribution in [1.29, 1.82) is 0 Å². The van der Waals surface area contributed by atoms with Crippen LogP contribution in [-0.4, -0.2) is 58.5 Å². The van der Waals surface area contributed by atoms with Crippen LogP contribution in [0, 0.1) is 39.4 Å². The number of halogens is 2. The van der Waals surface area contributed by atoms with Crippen LogP contribution in [0.5, 0.6) is 0 Å². The van der Waals surface area contributed by atoms with Gasteiger partial charge >= 0.3 is 5.97 Å². The molecule has 3 aromatic rings. The van der Waals surface area contributed by atoms with Crippen molar-refractivity contribution in [2.45, 2.75) is 78.9 Å². The van der Waals surface area contributed by atoms with E-state index >= 15 is 4.39 Å². The molecule has 9 heteroatoms. The average Bonchev–Trinajstić information content (AvgIpc) is 2.93. The zero-order valence-electron chi connectivity index (χ0n) is 26.9. The van der Waals surface area contributed by atoms with E-state index in [1.54, 1.807) is 31.3 Å². The predicted molar refractivity (Wildman–Crippen MR) is 174 cm³/mol. The number of amides is 1. The summed E-state index contributed by atoms with van der Waals surface area (Å²) in [5, 5.41) is 9.74. The number of likely N-dealkylation sites (tertiary alicyclic amines) is 1. The van der Waals surface area contributed by atoms with E-state index in [4.69, 9.17) is 0 Å². The molecular weight excluding hydrogens is 576 g/mol. The summed E-state index contributed by atoms with van der Waals surface area (Å²) in [5.41, 5.74) is 5.82. The highest BCUT2D eigenvalue weighted by Crippen LogP contribution is 2.34. The molecule has 1 aliphatic rings. The third kappa shape index (κ3) is 8.39. The second-order valence-corrected chi connectivity index (χ2v) is 12.8. The lowest BCUT2D eigenvalue weighted by atomic mass is 9.87. The molecule has 0 bridgehead atoms. The molecular formula is C36H43F2N3O4. The Balaban J connectivity index is 1.68. The van der Waals surface area contributed by atoms with E-state index in [0.29, 0.717) is 38.0 Å². The summed E-state index contributed by atoms with van der Waals surface area (Å²) >= 11 is 0. The van der Waals surface area contributed by atoms with Gasteiger partial charge < -0.3 is 9.67 Å². The molecule has 45 heavy (non-hydrogen) atoms. The number of hydrogen-bond acceptors (Lipinski definition) is 4. The fourth-order valence-corrected chi connectivity index (χ4v) is 6.22. The summed E-state index contributed by atoms with van der Waals surface area (Å²) in [4.78, 5) is 44.7. The minimum atomic E-state index is -1.16. The Morgan fingerprint density at radius 1 is 1.04 bits per heavy atom. The quantitative estimate of drug-likeness (QED) is 0.233. The van der Waals surface area contributed by atoms with Crippen LogP contribution in [0.15, 0.2) is 52.4 Å². The van der Waals surface area contributed by atoms with Crippen molar-refractivity contribution in [1.82, 2.24) is 9.47 Å². The maximum atomic E-state index is 15.7. The topological polar surface area (TPSA) is 92.0 Å². The van der Waals surface area contributed by atoms with Gasteiger partial charge in [-0.15, -0.1) is 0 Å². The Labute approximate surface area is 263 Å². The molecule has 7 nitrogen and oxygen atoms in total. The van der Waals surface area contributed by atoms with E-state index in [0.717, 1.165) is 33.4 Å². The molecule has 2 unspecified atom stereocenters. The molecule has 0 spiro atoms. The lowest BCUT2D eigenvalue weighted by Crippen LogP contribution is -2.48. The number of aromatic nitrogens is 1. The van der Waals surface area contributed by atoms with Gasteiger partial charge in [-0.25, -0.2) is 13.8 Å². The number of aliphatic carboxylic acids is 1. The van der Waals surface area contributed by atoms with E-state index in [2.05, 4.69) is 4.99 Å². The maximum absolute atomic E-state index is 15.7. The third-order valence-corrected chi connectivity index (χ3v) is 8.37. The van der Waals surface area contributed by atoms with Crippen molar-refractivity contribution < 1.29 is 23.5 Å². The van der Waals surface area contributed by atoms with Gasteiger partial charge in [0.2, 0.25) is 0 Å². The van der Waals surface area contributed by atoms with E-state index in [1.165, 1.54) is 16.8 Å². The van der Waals surface area contributed by atoms with Crippen molar-refractivity contribution in [2.24, 2.45) is 10.9 Å². The van der Waals surface area contributed by atoms with Gasteiger partial charge in [-0.05, 0) is 97.5 Å². The van der Waals surface area contributed by atoms with Crippen LogP contribution in [0.1, 0.15) is 72.0 Å². The third-order valence-electron chi connectivity index (χ3n) is 8.37. The number of carboxylic acid groups (broad SMARTS) is 1. The van der Waals surface area contributed by atoms with Gasteiger partial charge in [0.25, 0.3) is 11.5 Å². The number of aryl methyl sites for hydroxylation is 4. The Bertz CT molecular complexity index is 1630. The molecule has 0 radical (unpaired) electrons. The molecule has 1 N–H and O–H groups in total. The summed E-state index contributed by atoms with van der Waals surface area (Å²) < 4.78 is 30.3. The van der Waals surface area contributed by atoms with Crippen LogP contribution >= 0.6 is 0 Å². The van der Waals surface area contributed by atoms with Gasteiger partial charge in [-0.1, -0.05) is 37.6 Å². The highest BCUT2D eigenvalue weighted by atomic mass is 19.1.